The molecule has 2 N–H and O–H groups in total. The van der Waals surface area contributed by atoms with Crippen LogP contribution in [0.5, 0.6) is 0 Å². The van der Waals surface area contributed by atoms with Crippen LogP contribution in [0.2, 0.25) is 0 Å². The van der Waals surface area contributed by atoms with Crippen molar-refractivity contribution in [3.05, 3.63) is 77.5 Å². The van der Waals surface area contributed by atoms with E-state index in [9.17, 15) is 8.42 Å². The molecule has 3 aromatic rings. The van der Waals surface area contributed by atoms with Crippen molar-refractivity contribution in [2.75, 3.05) is 10.0 Å². The van der Waals surface area contributed by atoms with Gasteiger partial charge in [0.25, 0.3) is 10.0 Å². The molecule has 0 aliphatic heterocycles. The molecule has 3 rings (SSSR count). The van der Waals surface area contributed by atoms with Gasteiger partial charge in [-0.1, -0.05) is 24.3 Å². The predicted octanol–water partition coefficient (Wildman–Crippen LogP) is 4.55. The highest BCUT2D eigenvalue weighted by molar-refractivity contribution is 7.92. The van der Waals surface area contributed by atoms with Gasteiger partial charge in [0.15, 0.2) is 0 Å². The van der Waals surface area contributed by atoms with Gasteiger partial charge >= 0.3 is 0 Å². The quantitative estimate of drug-likeness (QED) is 0.694. The third kappa shape index (κ3) is 4.21. The molecule has 0 saturated heterocycles. The normalized spacial score (nSPS) is 11.2. The van der Waals surface area contributed by atoms with Crippen molar-refractivity contribution in [2.24, 2.45) is 0 Å². The van der Waals surface area contributed by atoms with E-state index < -0.39 is 10.0 Å². The van der Waals surface area contributed by atoms with Crippen molar-refractivity contribution < 1.29 is 8.42 Å². The Morgan fingerprint density at radius 2 is 1.62 bits per heavy atom. The smallest absolute Gasteiger partial charge is 0.262 e. The Bertz CT molecular complexity index is 1030. The van der Waals surface area contributed by atoms with Crippen LogP contribution in [0.1, 0.15) is 16.7 Å². The monoisotopic (exact) mass is 367 g/mol. The van der Waals surface area contributed by atoms with Gasteiger partial charge in [0, 0.05) is 5.69 Å². The Kier molecular flexibility index (Phi) is 4.95. The second-order valence-corrected chi connectivity index (χ2v) is 7.95. The van der Waals surface area contributed by atoms with Crippen LogP contribution in [0.25, 0.3) is 0 Å². The molecule has 6 heteroatoms. The minimum atomic E-state index is -3.65. The fourth-order valence-electron chi connectivity index (χ4n) is 2.61. The maximum absolute atomic E-state index is 12.6. The van der Waals surface area contributed by atoms with Crippen molar-refractivity contribution in [2.45, 2.75) is 25.7 Å². The summed E-state index contributed by atoms with van der Waals surface area (Å²) in [4.78, 5) is 4.56. The molecular weight excluding hydrogens is 346 g/mol. The van der Waals surface area contributed by atoms with Gasteiger partial charge in [-0.25, -0.2) is 13.4 Å². The van der Waals surface area contributed by atoms with Gasteiger partial charge < -0.3 is 5.32 Å². The minimum Gasteiger partial charge on any atom is -0.340 e. The lowest BCUT2D eigenvalue weighted by Crippen LogP contribution is -2.14. The first-order valence-electron chi connectivity index (χ1n) is 8.23. The number of hydrogen-bond donors (Lipinski definition) is 2. The summed E-state index contributed by atoms with van der Waals surface area (Å²) in [5.41, 5.74) is 4.09. The number of hydrogen-bond acceptors (Lipinski definition) is 4. The summed E-state index contributed by atoms with van der Waals surface area (Å²) in [5.74, 6) is 0.644. The molecule has 0 spiro atoms. The number of aromatic nitrogens is 1. The van der Waals surface area contributed by atoms with Crippen LogP contribution in [0.3, 0.4) is 0 Å². The lowest BCUT2D eigenvalue weighted by molar-refractivity contribution is 0.600. The summed E-state index contributed by atoms with van der Waals surface area (Å²) in [7, 11) is -3.65. The molecule has 0 fully saturated rings. The first kappa shape index (κ1) is 17.9. The number of rotatable bonds is 5. The van der Waals surface area contributed by atoms with Gasteiger partial charge in [-0.05, 0) is 67.8 Å². The van der Waals surface area contributed by atoms with Crippen LogP contribution in [0.4, 0.5) is 17.2 Å². The molecule has 26 heavy (non-hydrogen) atoms. The first-order chi connectivity index (χ1) is 12.3. The molecule has 0 aliphatic carbocycles. The van der Waals surface area contributed by atoms with Crippen LogP contribution in [-0.4, -0.2) is 13.4 Å². The van der Waals surface area contributed by atoms with Crippen LogP contribution < -0.4 is 10.0 Å². The molecule has 2 aromatic carbocycles. The van der Waals surface area contributed by atoms with Crippen molar-refractivity contribution >= 4 is 27.2 Å². The Balaban J connectivity index is 1.77. The van der Waals surface area contributed by atoms with Gasteiger partial charge in [0.05, 0.1) is 16.8 Å². The van der Waals surface area contributed by atoms with Gasteiger partial charge in [-0.15, -0.1) is 0 Å². The van der Waals surface area contributed by atoms with Crippen LogP contribution in [0.15, 0.2) is 65.7 Å². The molecular formula is C20H21N3O2S. The number of anilines is 3. The third-order valence-corrected chi connectivity index (χ3v) is 5.46. The third-order valence-electron chi connectivity index (χ3n) is 3.94. The Labute approximate surface area is 154 Å². The van der Waals surface area contributed by atoms with Crippen molar-refractivity contribution in [1.82, 2.24) is 4.98 Å². The second kappa shape index (κ2) is 7.17. The van der Waals surface area contributed by atoms with Crippen molar-refractivity contribution in [3.63, 3.8) is 0 Å². The second-order valence-electron chi connectivity index (χ2n) is 6.30. The summed E-state index contributed by atoms with van der Waals surface area (Å²) >= 11 is 0. The number of pyridine rings is 1. The molecule has 0 bridgehead atoms. The average Bonchev–Trinajstić information content (AvgIpc) is 2.58. The lowest BCUT2D eigenvalue weighted by atomic mass is 10.2. The standard InChI is InChI=1S/C20H21N3O2S/c1-14-5-4-6-17(11-14)22-20-10-9-18(13-21-20)23-26(24,25)19-12-15(2)7-8-16(19)3/h4-13,23H,1-3H3,(H,21,22). The van der Waals surface area contributed by atoms with E-state index in [-0.39, 0.29) is 4.90 Å². The molecule has 134 valence electrons. The van der Waals surface area contributed by atoms with E-state index in [0.29, 0.717) is 17.1 Å². The Hall–Kier alpha value is -2.86. The van der Waals surface area contributed by atoms with Gasteiger partial charge in [0.2, 0.25) is 0 Å². The molecule has 5 nitrogen and oxygen atoms in total. The zero-order chi connectivity index (χ0) is 18.7. The largest absolute Gasteiger partial charge is 0.340 e. The Morgan fingerprint density at radius 1 is 0.846 bits per heavy atom. The molecule has 0 saturated carbocycles. The van der Waals surface area contributed by atoms with Crippen molar-refractivity contribution in [3.8, 4) is 0 Å². The lowest BCUT2D eigenvalue weighted by Gasteiger charge is -2.12. The van der Waals surface area contributed by atoms with E-state index in [0.717, 1.165) is 16.8 Å². The highest BCUT2D eigenvalue weighted by Crippen LogP contribution is 2.22. The van der Waals surface area contributed by atoms with Gasteiger partial charge in [-0.2, -0.15) is 0 Å². The van der Waals surface area contributed by atoms with E-state index in [1.807, 2.05) is 44.2 Å². The molecule has 0 amide bonds. The predicted molar refractivity (Wildman–Crippen MR) is 105 cm³/mol. The first-order valence-corrected chi connectivity index (χ1v) is 9.72. The minimum absolute atomic E-state index is 0.277. The molecule has 0 radical (unpaired) electrons. The summed E-state index contributed by atoms with van der Waals surface area (Å²) in [6, 6.07) is 16.7. The number of benzene rings is 2. The van der Waals surface area contributed by atoms with Gasteiger partial charge in [0.1, 0.15) is 5.82 Å². The molecule has 1 aromatic heterocycles. The highest BCUT2D eigenvalue weighted by atomic mass is 32.2. The fraction of sp³-hybridized carbons (Fsp3) is 0.150. The number of sulfonamides is 1. The van der Waals surface area contributed by atoms with E-state index in [1.165, 1.54) is 6.20 Å². The molecule has 0 unspecified atom stereocenters. The molecule has 0 atom stereocenters. The van der Waals surface area contributed by atoms with Crippen LogP contribution >= 0.6 is 0 Å². The van der Waals surface area contributed by atoms with Crippen LogP contribution in [0, 0.1) is 20.8 Å². The Morgan fingerprint density at radius 3 is 2.31 bits per heavy atom. The van der Waals surface area contributed by atoms with E-state index in [4.69, 9.17) is 0 Å². The number of aryl methyl sites for hydroxylation is 3. The van der Waals surface area contributed by atoms with Crippen LogP contribution in [-0.2, 0) is 10.0 Å². The SMILES string of the molecule is Cc1cccc(Nc2ccc(NS(=O)(=O)c3cc(C)ccc3C)cn2)c1. The molecule has 1 heterocycles. The fourth-order valence-corrected chi connectivity index (χ4v) is 3.98. The van der Waals surface area contributed by atoms with Crippen molar-refractivity contribution in [1.29, 1.82) is 0 Å². The van der Waals surface area contributed by atoms with E-state index in [1.54, 1.807) is 31.2 Å². The maximum Gasteiger partial charge on any atom is 0.262 e. The number of nitrogens with one attached hydrogen (secondary N) is 2. The zero-order valence-corrected chi connectivity index (χ0v) is 15.8. The highest BCUT2D eigenvalue weighted by Gasteiger charge is 2.17. The topological polar surface area (TPSA) is 71.1 Å². The maximum atomic E-state index is 12.6. The van der Waals surface area contributed by atoms with Gasteiger partial charge in [-0.3, -0.25) is 4.72 Å². The summed E-state index contributed by atoms with van der Waals surface area (Å²) in [6.45, 7) is 5.66. The summed E-state index contributed by atoms with van der Waals surface area (Å²) < 4.78 is 27.9. The van der Waals surface area contributed by atoms with E-state index in [2.05, 4.69) is 15.0 Å². The summed E-state index contributed by atoms with van der Waals surface area (Å²) in [6.07, 6.45) is 1.50. The zero-order valence-electron chi connectivity index (χ0n) is 14.9. The molecule has 0 aliphatic rings. The number of nitrogens with zero attached hydrogens (tertiary/aromatic N) is 1. The summed E-state index contributed by atoms with van der Waals surface area (Å²) in [5, 5.41) is 3.19. The average molecular weight is 367 g/mol. The van der Waals surface area contributed by atoms with E-state index >= 15 is 0 Å².